The number of benzene rings is 1. The van der Waals surface area contributed by atoms with Crippen molar-refractivity contribution in [3.8, 4) is 5.75 Å². The minimum absolute atomic E-state index is 0.283. The average Bonchev–Trinajstić information content (AvgIpc) is 2.40. The summed E-state index contributed by atoms with van der Waals surface area (Å²) in [6.07, 6.45) is -0.677. The van der Waals surface area contributed by atoms with E-state index < -0.39 is 6.10 Å². The molecule has 0 aliphatic heterocycles. The predicted molar refractivity (Wildman–Crippen MR) is 86.4 cm³/mol. The fourth-order valence-corrected chi connectivity index (χ4v) is 2.21. The minimum atomic E-state index is -0.677. The molecule has 0 saturated heterocycles. The first-order valence-electron chi connectivity index (χ1n) is 6.91. The highest BCUT2D eigenvalue weighted by Crippen LogP contribution is 2.23. The Balaban J connectivity index is 2.05. The highest BCUT2D eigenvalue weighted by Gasteiger charge is 2.17. The second-order valence-electron chi connectivity index (χ2n) is 5.13. The largest absolute Gasteiger partial charge is 0.481 e. The SMILES string of the molecule is Cc1cc(C)nc(NC(=O)[C@@H](C)Oc2ccc(Cl)cc2C)n1. The molecule has 1 aromatic carbocycles. The van der Waals surface area contributed by atoms with E-state index in [9.17, 15) is 4.79 Å². The van der Waals surface area contributed by atoms with Gasteiger partial charge < -0.3 is 4.74 Å². The molecule has 0 saturated carbocycles. The molecule has 0 fully saturated rings. The zero-order valence-electron chi connectivity index (χ0n) is 13.0. The summed E-state index contributed by atoms with van der Waals surface area (Å²) in [4.78, 5) is 20.5. The number of halogens is 1. The molecule has 2 rings (SSSR count). The number of hydrogen-bond acceptors (Lipinski definition) is 4. The van der Waals surface area contributed by atoms with Gasteiger partial charge >= 0.3 is 0 Å². The van der Waals surface area contributed by atoms with Gasteiger partial charge in [0, 0.05) is 16.4 Å². The van der Waals surface area contributed by atoms with Gasteiger partial charge in [-0.1, -0.05) is 11.6 Å². The van der Waals surface area contributed by atoms with Gasteiger partial charge in [0.05, 0.1) is 0 Å². The first kappa shape index (κ1) is 16.2. The van der Waals surface area contributed by atoms with E-state index >= 15 is 0 Å². The molecule has 0 radical (unpaired) electrons. The maximum atomic E-state index is 12.2. The number of hydrogen-bond donors (Lipinski definition) is 1. The molecule has 0 unspecified atom stereocenters. The van der Waals surface area contributed by atoms with Crippen LogP contribution in [0.25, 0.3) is 0 Å². The highest BCUT2D eigenvalue weighted by molar-refractivity contribution is 6.30. The molecule has 2 aromatic rings. The number of carbonyl (C=O) groups is 1. The van der Waals surface area contributed by atoms with Gasteiger partial charge in [0.15, 0.2) is 6.10 Å². The topological polar surface area (TPSA) is 64.1 Å². The Morgan fingerprint density at radius 3 is 2.41 bits per heavy atom. The van der Waals surface area contributed by atoms with Crippen LogP contribution in [0.5, 0.6) is 5.75 Å². The first-order valence-corrected chi connectivity index (χ1v) is 7.29. The van der Waals surface area contributed by atoms with Crippen molar-refractivity contribution >= 4 is 23.5 Å². The van der Waals surface area contributed by atoms with Crippen LogP contribution >= 0.6 is 11.6 Å². The Hall–Kier alpha value is -2.14. The average molecular weight is 320 g/mol. The molecule has 1 aromatic heterocycles. The Morgan fingerprint density at radius 1 is 1.18 bits per heavy atom. The molecular weight excluding hydrogens is 302 g/mol. The van der Waals surface area contributed by atoms with Gasteiger partial charge in [-0.05, 0) is 57.5 Å². The lowest BCUT2D eigenvalue weighted by molar-refractivity contribution is -0.122. The molecule has 6 heteroatoms. The lowest BCUT2D eigenvalue weighted by Crippen LogP contribution is -2.31. The monoisotopic (exact) mass is 319 g/mol. The van der Waals surface area contributed by atoms with Crippen molar-refractivity contribution in [2.45, 2.75) is 33.8 Å². The molecule has 0 bridgehead atoms. The van der Waals surface area contributed by atoms with Crippen molar-refractivity contribution in [1.29, 1.82) is 0 Å². The second kappa shape index (κ2) is 6.75. The van der Waals surface area contributed by atoms with E-state index in [0.717, 1.165) is 17.0 Å². The summed E-state index contributed by atoms with van der Waals surface area (Å²) in [6.45, 7) is 7.24. The van der Waals surface area contributed by atoms with Crippen LogP contribution in [0.2, 0.25) is 5.02 Å². The summed E-state index contributed by atoms with van der Waals surface area (Å²) in [5.74, 6) is 0.596. The van der Waals surface area contributed by atoms with Gasteiger partial charge in [0.25, 0.3) is 5.91 Å². The van der Waals surface area contributed by atoms with Gasteiger partial charge in [-0.15, -0.1) is 0 Å². The van der Waals surface area contributed by atoms with Gasteiger partial charge in [-0.3, -0.25) is 10.1 Å². The fraction of sp³-hybridized carbons (Fsp3) is 0.312. The Morgan fingerprint density at radius 2 is 1.82 bits per heavy atom. The van der Waals surface area contributed by atoms with Crippen LogP contribution in [0.4, 0.5) is 5.95 Å². The minimum Gasteiger partial charge on any atom is -0.481 e. The zero-order chi connectivity index (χ0) is 16.3. The van der Waals surface area contributed by atoms with Crippen molar-refractivity contribution in [3.05, 3.63) is 46.2 Å². The Labute approximate surface area is 134 Å². The summed E-state index contributed by atoms with van der Waals surface area (Å²) in [5, 5.41) is 3.29. The summed E-state index contributed by atoms with van der Waals surface area (Å²) in [6, 6.07) is 7.09. The third-order valence-corrected chi connectivity index (χ3v) is 3.26. The number of aryl methyl sites for hydroxylation is 3. The second-order valence-corrected chi connectivity index (χ2v) is 5.57. The molecule has 1 atom stereocenters. The van der Waals surface area contributed by atoms with Crippen LogP contribution in [-0.4, -0.2) is 22.0 Å². The van der Waals surface area contributed by atoms with Crippen molar-refractivity contribution in [2.75, 3.05) is 5.32 Å². The first-order chi connectivity index (χ1) is 10.3. The lowest BCUT2D eigenvalue weighted by Gasteiger charge is -2.16. The summed E-state index contributed by atoms with van der Waals surface area (Å²) in [5.41, 5.74) is 2.46. The van der Waals surface area contributed by atoms with Crippen LogP contribution in [-0.2, 0) is 4.79 Å². The maximum absolute atomic E-state index is 12.2. The summed E-state index contributed by atoms with van der Waals surface area (Å²) < 4.78 is 5.67. The van der Waals surface area contributed by atoms with Crippen LogP contribution in [0.15, 0.2) is 24.3 Å². The molecule has 1 heterocycles. The quantitative estimate of drug-likeness (QED) is 0.937. The van der Waals surface area contributed by atoms with Gasteiger partial charge in [0.2, 0.25) is 5.95 Å². The third-order valence-electron chi connectivity index (χ3n) is 3.03. The summed E-state index contributed by atoms with van der Waals surface area (Å²) in [7, 11) is 0. The van der Waals surface area contributed by atoms with E-state index in [1.54, 1.807) is 25.1 Å². The molecule has 1 amide bonds. The number of carbonyl (C=O) groups excluding carboxylic acids is 1. The maximum Gasteiger partial charge on any atom is 0.267 e. The number of nitrogens with one attached hydrogen (secondary N) is 1. The molecule has 0 aliphatic rings. The van der Waals surface area contributed by atoms with Gasteiger partial charge in [-0.25, -0.2) is 9.97 Å². The van der Waals surface area contributed by atoms with Gasteiger partial charge in [0.1, 0.15) is 5.75 Å². The fourth-order valence-electron chi connectivity index (χ4n) is 1.98. The van der Waals surface area contributed by atoms with E-state index in [1.807, 2.05) is 26.8 Å². The zero-order valence-corrected chi connectivity index (χ0v) is 13.7. The van der Waals surface area contributed by atoms with E-state index in [4.69, 9.17) is 16.3 Å². The normalized spacial score (nSPS) is 11.9. The smallest absolute Gasteiger partial charge is 0.267 e. The summed E-state index contributed by atoms with van der Waals surface area (Å²) >= 11 is 5.90. The standard InChI is InChI=1S/C16H18ClN3O2/c1-9-7-13(17)5-6-14(9)22-12(4)15(21)20-16-18-10(2)8-11(3)19-16/h5-8,12H,1-4H3,(H,18,19,20,21)/t12-/m1/s1. The van der Waals surface area contributed by atoms with Crippen LogP contribution in [0, 0.1) is 20.8 Å². The van der Waals surface area contributed by atoms with Crippen LogP contribution < -0.4 is 10.1 Å². The lowest BCUT2D eigenvalue weighted by atomic mass is 10.2. The van der Waals surface area contributed by atoms with E-state index in [2.05, 4.69) is 15.3 Å². The molecule has 0 spiro atoms. The number of ether oxygens (including phenoxy) is 1. The van der Waals surface area contributed by atoms with Gasteiger partial charge in [-0.2, -0.15) is 0 Å². The van der Waals surface area contributed by atoms with E-state index in [1.165, 1.54) is 0 Å². The third kappa shape index (κ3) is 4.18. The molecule has 5 nitrogen and oxygen atoms in total. The van der Waals surface area contributed by atoms with Crippen molar-refractivity contribution < 1.29 is 9.53 Å². The van der Waals surface area contributed by atoms with Crippen LogP contribution in [0.3, 0.4) is 0 Å². The number of aromatic nitrogens is 2. The molecule has 116 valence electrons. The molecule has 1 N–H and O–H groups in total. The van der Waals surface area contributed by atoms with Crippen molar-refractivity contribution in [2.24, 2.45) is 0 Å². The number of anilines is 1. The van der Waals surface area contributed by atoms with Crippen molar-refractivity contribution in [3.63, 3.8) is 0 Å². The molecular formula is C16H18ClN3O2. The van der Waals surface area contributed by atoms with Crippen molar-refractivity contribution in [1.82, 2.24) is 9.97 Å². The Kier molecular flexibility index (Phi) is 4.98. The highest BCUT2D eigenvalue weighted by atomic mass is 35.5. The predicted octanol–water partition coefficient (Wildman–Crippen LogP) is 3.46. The van der Waals surface area contributed by atoms with Crippen LogP contribution in [0.1, 0.15) is 23.9 Å². The van der Waals surface area contributed by atoms with E-state index in [-0.39, 0.29) is 11.9 Å². The van der Waals surface area contributed by atoms with E-state index in [0.29, 0.717) is 10.8 Å². The number of nitrogens with zero attached hydrogens (tertiary/aromatic N) is 2. The number of amides is 1. The number of rotatable bonds is 4. The molecule has 0 aliphatic carbocycles. The Bertz CT molecular complexity index is 684. The molecule has 22 heavy (non-hydrogen) atoms.